The van der Waals surface area contributed by atoms with Crippen molar-refractivity contribution < 1.29 is 73.9 Å². The molecule has 5 aromatic rings. The third-order valence-corrected chi connectivity index (χ3v) is 14.4. The second-order valence-electron chi connectivity index (χ2n) is 18.0. The number of carbonyl (C=O) groups excluding carboxylic acids is 2. The molecule has 5 aromatic carbocycles. The summed E-state index contributed by atoms with van der Waals surface area (Å²) < 4.78 is 102. The van der Waals surface area contributed by atoms with Gasteiger partial charge in [-0.15, -0.1) is 0 Å². The number of benzene rings is 5. The van der Waals surface area contributed by atoms with Gasteiger partial charge in [0.25, 0.3) is 10.1 Å². The van der Waals surface area contributed by atoms with Crippen molar-refractivity contribution in [3.8, 4) is 57.5 Å². The zero-order valence-corrected chi connectivity index (χ0v) is 40.1. The number of methoxy groups -OCH3 is 4. The van der Waals surface area contributed by atoms with Crippen molar-refractivity contribution in [2.75, 3.05) is 54.9 Å². The second kappa shape index (κ2) is 17.6. The van der Waals surface area contributed by atoms with Crippen LogP contribution < -0.4 is 47.4 Å². The van der Waals surface area contributed by atoms with Crippen molar-refractivity contribution in [2.24, 2.45) is 0 Å². The maximum Gasteiger partial charge on any atom is 0.297 e. The number of aryl methyl sites for hydroxylation is 1. The number of fused-ring (bicyclic) bond motifs is 12. The standard InChI is InChI=1S/C30H28O9S.C23H21FO6/c1-17-5-7-18(8-6-17)40(32,33)37-16-30(2)12-11-19-22(39-30)10-9-20-28(31)27-21-13-24(34-3)25(35-4)14-23(21)36-15-26(27)38-29(19)20;1-23(11-24)7-6-12-15(30-23)5-4-13-21(25)20-14-8-17(26-2)18(27-3)9-16(14)28-10-19(20)29-22(12)13/h5-14,26-27H,15-16H2,1-4H3;4-9,19-20H,10-11H2,1-3H3/t26-,27+,30?;19-,20+,23?/m11/s1/i;24-1. The van der Waals surface area contributed by atoms with Crippen molar-refractivity contribution >= 4 is 33.8 Å². The van der Waals surface area contributed by atoms with E-state index in [2.05, 4.69) is 0 Å². The molecule has 6 heterocycles. The molecule has 70 heavy (non-hydrogen) atoms. The summed E-state index contributed by atoms with van der Waals surface area (Å²) in [6, 6.07) is 20.2. The molecule has 11 rings (SSSR count). The lowest BCUT2D eigenvalue weighted by atomic mass is 9.81. The van der Waals surface area contributed by atoms with Crippen molar-refractivity contribution in [3.63, 3.8) is 0 Å². The van der Waals surface area contributed by atoms with Crippen molar-refractivity contribution in [1.82, 2.24) is 0 Å². The van der Waals surface area contributed by atoms with Crippen LogP contribution in [-0.2, 0) is 14.3 Å². The smallest absolute Gasteiger partial charge is 0.297 e. The van der Waals surface area contributed by atoms with Crippen molar-refractivity contribution in [3.05, 3.63) is 124 Å². The van der Waals surface area contributed by atoms with Gasteiger partial charge >= 0.3 is 0 Å². The van der Waals surface area contributed by atoms with Crippen LogP contribution in [0.2, 0.25) is 0 Å². The van der Waals surface area contributed by atoms with Gasteiger partial charge in [0.2, 0.25) is 0 Å². The molecule has 15 nitrogen and oxygen atoms in total. The molecule has 0 fully saturated rings. The zero-order valence-electron chi connectivity index (χ0n) is 39.3. The summed E-state index contributed by atoms with van der Waals surface area (Å²) in [7, 11) is 2.20. The van der Waals surface area contributed by atoms with Crippen LogP contribution in [0.1, 0.15) is 74.2 Å². The van der Waals surface area contributed by atoms with Gasteiger partial charge in [0.05, 0.1) is 67.4 Å². The maximum atomic E-state index is 13.8. The lowest BCUT2D eigenvalue weighted by Gasteiger charge is -2.39. The van der Waals surface area contributed by atoms with Crippen LogP contribution in [0.5, 0.6) is 57.5 Å². The number of rotatable bonds is 9. The molecule has 17 heteroatoms. The fourth-order valence-electron chi connectivity index (χ4n) is 9.39. The molecule has 2 unspecified atom stereocenters. The molecule has 6 aliphatic heterocycles. The molecule has 0 aliphatic carbocycles. The molecule has 0 spiro atoms. The van der Waals surface area contributed by atoms with E-state index in [1.54, 1.807) is 120 Å². The Balaban J connectivity index is 0.000000169. The minimum absolute atomic E-state index is 0.0620. The zero-order chi connectivity index (χ0) is 49.3. The van der Waals surface area contributed by atoms with E-state index >= 15 is 0 Å². The lowest BCUT2D eigenvalue weighted by Crippen LogP contribution is -2.43. The van der Waals surface area contributed by atoms with E-state index in [0.717, 1.165) is 5.56 Å². The minimum atomic E-state index is -3.97. The number of alkyl halides is 1. The van der Waals surface area contributed by atoms with E-state index in [9.17, 15) is 22.4 Å². The molecule has 364 valence electrons. The van der Waals surface area contributed by atoms with Crippen molar-refractivity contribution in [1.29, 1.82) is 0 Å². The third kappa shape index (κ3) is 7.99. The van der Waals surface area contributed by atoms with Gasteiger partial charge in [0.15, 0.2) is 40.2 Å². The predicted molar refractivity (Wildman–Crippen MR) is 252 cm³/mol. The third-order valence-electron chi connectivity index (χ3n) is 13.2. The van der Waals surface area contributed by atoms with E-state index in [1.165, 1.54) is 19.2 Å². The first-order valence-electron chi connectivity index (χ1n) is 22.4. The molecular weight excluding hydrogens is 927 g/mol. The monoisotopic (exact) mass is 975 g/mol. The van der Waals surface area contributed by atoms with Crippen LogP contribution in [0.3, 0.4) is 0 Å². The molecule has 0 bridgehead atoms. The highest BCUT2D eigenvalue weighted by atomic mass is 32.2. The number of hydrogen-bond donors (Lipinski definition) is 0. The lowest BCUT2D eigenvalue weighted by molar-refractivity contribution is 0.0537. The Hall–Kier alpha value is -7.24. The van der Waals surface area contributed by atoms with E-state index in [4.69, 9.17) is 51.6 Å². The number of hydrogen-bond acceptors (Lipinski definition) is 15. The highest BCUT2D eigenvalue weighted by molar-refractivity contribution is 7.86. The van der Waals surface area contributed by atoms with E-state index < -0.39 is 52.0 Å². The Bertz CT molecular complexity index is 3130. The molecule has 0 saturated heterocycles. The SMILES string of the molecule is COc1cc2c(cc1OC)[C@@H]1C(=O)c3ccc4c(c3O[C@@H]1CO2)C=CC(C)(COS(=O)(=O)c1ccc(C)cc1)O4.COc1cc2c(cc1OC)[C@@H]1C(=O)c3ccc4c(c3O[C@@H]1CO2)C=CC(C)(C[18F])O4. The predicted octanol–water partition coefficient (Wildman–Crippen LogP) is 8.66. The normalized spacial score (nSPS) is 23.8. The first kappa shape index (κ1) is 46.5. The summed E-state index contributed by atoms with van der Waals surface area (Å²) in [6.07, 6.45) is 5.85. The van der Waals surface area contributed by atoms with Crippen LogP contribution in [0, 0.1) is 6.92 Å². The minimum Gasteiger partial charge on any atom is -0.493 e. The van der Waals surface area contributed by atoms with Gasteiger partial charge in [-0.05, 0) is 93.6 Å². The first-order valence-corrected chi connectivity index (χ1v) is 23.8. The van der Waals surface area contributed by atoms with E-state index in [-0.39, 0.29) is 36.3 Å². The number of ether oxygens (including phenoxy) is 10. The van der Waals surface area contributed by atoms with Crippen molar-refractivity contribution in [2.45, 2.75) is 60.9 Å². The van der Waals surface area contributed by atoms with Crippen LogP contribution in [-0.4, -0.2) is 98.3 Å². The molecule has 0 aromatic heterocycles. The molecular formula is C53H49FO15S. The van der Waals surface area contributed by atoms with Gasteiger partial charge in [-0.1, -0.05) is 17.7 Å². The van der Waals surface area contributed by atoms with Gasteiger partial charge < -0.3 is 47.4 Å². The Labute approximate surface area is 403 Å². The summed E-state index contributed by atoms with van der Waals surface area (Å²) in [6.45, 7) is 4.77. The molecule has 0 radical (unpaired) electrons. The van der Waals surface area contributed by atoms with Gasteiger partial charge in [-0.2, -0.15) is 8.42 Å². The fraction of sp³-hybridized carbons (Fsp3) is 0.321. The largest absolute Gasteiger partial charge is 0.493 e. The Morgan fingerprint density at radius 2 is 1.06 bits per heavy atom. The van der Waals surface area contributed by atoms with Gasteiger partial charge in [-0.3, -0.25) is 13.8 Å². The summed E-state index contributed by atoms with van der Waals surface area (Å²) >= 11 is 0. The van der Waals surface area contributed by atoms with Crippen LogP contribution in [0.15, 0.2) is 89.8 Å². The van der Waals surface area contributed by atoms with E-state index in [0.29, 0.717) is 90.9 Å². The molecule has 6 atom stereocenters. The number of Topliss-reactive ketones (excluding diaryl/α,β-unsaturated/α-hetero) is 2. The second-order valence-corrected chi connectivity index (χ2v) is 19.6. The number of carbonyl (C=O) groups is 2. The summed E-state index contributed by atoms with van der Waals surface area (Å²) in [5.41, 5.74) is 2.37. The van der Waals surface area contributed by atoms with Gasteiger partial charge in [-0.25, -0.2) is 4.39 Å². The van der Waals surface area contributed by atoms with E-state index in [1.807, 2.05) is 6.92 Å². The number of ketones is 2. The Morgan fingerprint density at radius 3 is 1.51 bits per heavy atom. The Kier molecular flexibility index (Phi) is 11.7. The van der Waals surface area contributed by atoms with Crippen LogP contribution in [0.4, 0.5) is 4.39 Å². The van der Waals surface area contributed by atoms with Gasteiger partial charge in [0, 0.05) is 23.3 Å². The van der Waals surface area contributed by atoms with Gasteiger partial charge in [0.1, 0.15) is 78.8 Å². The highest BCUT2D eigenvalue weighted by Gasteiger charge is 2.47. The topological polar surface area (TPSA) is 170 Å². The summed E-state index contributed by atoms with van der Waals surface area (Å²) in [4.78, 5) is 27.4. The molecule has 0 N–H and O–H groups in total. The quantitative estimate of drug-likeness (QED) is 0.129. The summed E-state index contributed by atoms with van der Waals surface area (Å²) in [5, 5.41) is 0. The fourth-order valence-corrected chi connectivity index (χ4v) is 10.4. The van der Waals surface area contributed by atoms with Crippen LogP contribution in [0.25, 0.3) is 12.2 Å². The maximum absolute atomic E-state index is 13.8. The highest BCUT2D eigenvalue weighted by Crippen LogP contribution is 2.52. The molecule has 6 aliphatic rings. The molecule has 0 saturated carbocycles. The first-order chi connectivity index (χ1) is 33.6. The average molecular weight is 976 g/mol. The summed E-state index contributed by atoms with van der Waals surface area (Å²) in [5.74, 6) is 3.73. The van der Waals surface area contributed by atoms with Crippen LogP contribution >= 0.6 is 0 Å². The Morgan fingerprint density at radius 1 is 0.614 bits per heavy atom. The molecule has 0 amide bonds. The number of halogens is 1. The average Bonchev–Trinajstić information content (AvgIpc) is 3.37.